The van der Waals surface area contributed by atoms with E-state index in [0.29, 0.717) is 18.0 Å². The predicted molar refractivity (Wildman–Crippen MR) is 84.7 cm³/mol. The van der Waals surface area contributed by atoms with Crippen molar-refractivity contribution in [1.82, 2.24) is 10.1 Å². The molecule has 1 aliphatic heterocycles. The summed E-state index contributed by atoms with van der Waals surface area (Å²) in [4.78, 5) is 26.1. The zero-order valence-corrected chi connectivity index (χ0v) is 13.1. The van der Waals surface area contributed by atoms with Crippen molar-refractivity contribution in [3.05, 3.63) is 53.4 Å². The molecule has 6 heteroatoms. The average Bonchev–Trinajstić information content (AvgIpc) is 3.15. The van der Waals surface area contributed by atoms with Gasteiger partial charge in [-0.3, -0.25) is 9.59 Å². The number of carboxylic acid groups (broad SMARTS) is 1. The first kappa shape index (κ1) is 14.9. The Hall–Kier alpha value is -2.63. The van der Waals surface area contributed by atoms with Crippen molar-refractivity contribution >= 4 is 11.9 Å². The number of likely N-dealkylation sites (tertiary alicyclic amines) is 1. The molecule has 1 aliphatic carbocycles. The van der Waals surface area contributed by atoms with Gasteiger partial charge in [-0.15, -0.1) is 0 Å². The summed E-state index contributed by atoms with van der Waals surface area (Å²) in [5.74, 6) is -1.53. The van der Waals surface area contributed by atoms with Gasteiger partial charge in [-0.1, -0.05) is 35.5 Å². The molecule has 2 heterocycles. The van der Waals surface area contributed by atoms with Crippen LogP contribution in [0.1, 0.15) is 46.3 Å². The number of amides is 1. The summed E-state index contributed by atoms with van der Waals surface area (Å²) < 4.78 is 5.00. The molecule has 124 valence electrons. The molecule has 4 rings (SSSR count). The third kappa shape index (κ3) is 2.58. The molecule has 1 amide bonds. The highest BCUT2D eigenvalue weighted by atomic mass is 16.5. The van der Waals surface area contributed by atoms with Gasteiger partial charge < -0.3 is 14.5 Å². The Morgan fingerprint density at radius 1 is 1.17 bits per heavy atom. The standard InChI is InChI=1S/C18H18N2O4/c21-17(15-10-24-19-16(15)12-6-7-12)20-8-13(14(9-20)18(22)23)11-4-2-1-3-5-11/h1-5,10,12-14H,6-9H2,(H,22,23). The number of hydrogen-bond acceptors (Lipinski definition) is 4. The van der Waals surface area contributed by atoms with Crippen molar-refractivity contribution in [2.75, 3.05) is 13.1 Å². The summed E-state index contributed by atoms with van der Waals surface area (Å²) in [6.07, 6.45) is 3.44. The molecular formula is C18H18N2O4. The fraction of sp³-hybridized carbons (Fsp3) is 0.389. The van der Waals surface area contributed by atoms with Gasteiger partial charge in [0.05, 0.1) is 11.6 Å². The highest BCUT2D eigenvalue weighted by Gasteiger charge is 2.42. The van der Waals surface area contributed by atoms with Crippen molar-refractivity contribution in [1.29, 1.82) is 0 Å². The van der Waals surface area contributed by atoms with Crippen molar-refractivity contribution in [2.24, 2.45) is 5.92 Å². The van der Waals surface area contributed by atoms with E-state index < -0.39 is 11.9 Å². The second kappa shape index (κ2) is 5.78. The maximum atomic E-state index is 12.8. The van der Waals surface area contributed by atoms with Crippen LogP contribution >= 0.6 is 0 Å². The highest BCUT2D eigenvalue weighted by molar-refractivity contribution is 5.96. The lowest BCUT2D eigenvalue weighted by molar-refractivity contribution is -0.141. The largest absolute Gasteiger partial charge is 0.481 e. The van der Waals surface area contributed by atoms with Crippen molar-refractivity contribution in [2.45, 2.75) is 24.7 Å². The molecule has 2 unspecified atom stereocenters. The van der Waals surface area contributed by atoms with E-state index in [9.17, 15) is 14.7 Å². The minimum atomic E-state index is -0.869. The molecule has 2 fully saturated rings. The molecular weight excluding hydrogens is 308 g/mol. The average molecular weight is 326 g/mol. The number of carbonyl (C=O) groups excluding carboxylic acids is 1. The van der Waals surface area contributed by atoms with E-state index in [1.807, 2.05) is 30.3 Å². The Labute approximate surface area is 139 Å². The zero-order valence-electron chi connectivity index (χ0n) is 13.1. The monoisotopic (exact) mass is 326 g/mol. The van der Waals surface area contributed by atoms with Gasteiger partial charge in [-0.05, 0) is 18.4 Å². The first-order valence-electron chi connectivity index (χ1n) is 8.16. The second-order valence-electron chi connectivity index (χ2n) is 6.56. The van der Waals surface area contributed by atoms with Crippen molar-refractivity contribution in [3.8, 4) is 0 Å². The number of aliphatic carboxylic acids is 1. The quantitative estimate of drug-likeness (QED) is 0.933. The fourth-order valence-corrected chi connectivity index (χ4v) is 3.48. The molecule has 0 spiro atoms. The lowest BCUT2D eigenvalue weighted by atomic mass is 9.89. The van der Waals surface area contributed by atoms with Crippen LogP contribution in [0, 0.1) is 5.92 Å². The Bertz CT molecular complexity index is 766. The van der Waals surface area contributed by atoms with Gasteiger partial charge in [-0.25, -0.2) is 0 Å². The molecule has 24 heavy (non-hydrogen) atoms. The fourth-order valence-electron chi connectivity index (χ4n) is 3.48. The third-order valence-corrected chi connectivity index (χ3v) is 4.94. The molecule has 0 bridgehead atoms. The second-order valence-corrected chi connectivity index (χ2v) is 6.56. The van der Waals surface area contributed by atoms with Crippen LogP contribution in [0.4, 0.5) is 0 Å². The van der Waals surface area contributed by atoms with Crippen LogP contribution in [0.3, 0.4) is 0 Å². The molecule has 2 aromatic rings. The normalized spacial score (nSPS) is 23.4. The Morgan fingerprint density at radius 2 is 1.92 bits per heavy atom. The van der Waals surface area contributed by atoms with E-state index in [4.69, 9.17) is 4.52 Å². The van der Waals surface area contributed by atoms with E-state index >= 15 is 0 Å². The summed E-state index contributed by atoms with van der Waals surface area (Å²) in [5, 5.41) is 13.5. The number of carbonyl (C=O) groups is 2. The minimum Gasteiger partial charge on any atom is -0.481 e. The van der Waals surface area contributed by atoms with Crippen LogP contribution in [-0.4, -0.2) is 40.1 Å². The molecule has 1 aromatic heterocycles. The van der Waals surface area contributed by atoms with Gasteiger partial charge in [0.25, 0.3) is 5.91 Å². The van der Waals surface area contributed by atoms with Gasteiger partial charge in [0.15, 0.2) is 0 Å². The molecule has 1 aromatic carbocycles. The van der Waals surface area contributed by atoms with E-state index in [1.165, 1.54) is 6.26 Å². The molecule has 2 aliphatic rings. The predicted octanol–water partition coefficient (Wildman–Crippen LogP) is 2.49. The van der Waals surface area contributed by atoms with E-state index in [1.54, 1.807) is 4.90 Å². The van der Waals surface area contributed by atoms with E-state index in [0.717, 1.165) is 24.1 Å². The molecule has 0 radical (unpaired) electrons. The van der Waals surface area contributed by atoms with Gasteiger partial charge in [0, 0.05) is 24.9 Å². The Balaban J connectivity index is 1.59. The maximum Gasteiger partial charge on any atom is 0.308 e. The Kier molecular flexibility index (Phi) is 3.59. The van der Waals surface area contributed by atoms with Gasteiger partial charge in [-0.2, -0.15) is 0 Å². The van der Waals surface area contributed by atoms with Crippen molar-refractivity contribution in [3.63, 3.8) is 0 Å². The van der Waals surface area contributed by atoms with Gasteiger partial charge in [0.2, 0.25) is 0 Å². The zero-order chi connectivity index (χ0) is 16.7. The maximum absolute atomic E-state index is 12.8. The summed E-state index contributed by atoms with van der Waals surface area (Å²) in [6, 6.07) is 9.53. The number of benzene rings is 1. The van der Waals surface area contributed by atoms with E-state index in [2.05, 4.69) is 5.16 Å². The molecule has 1 N–H and O–H groups in total. The topological polar surface area (TPSA) is 83.6 Å². The van der Waals surface area contributed by atoms with Crippen LogP contribution in [0.2, 0.25) is 0 Å². The lowest BCUT2D eigenvalue weighted by Gasteiger charge is -2.16. The SMILES string of the molecule is O=C(O)C1CN(C(=O)c2conc2C2CC2)CC1c1ccccc1. The van der Waals surface area contributed by atoms with E-state index in [-0.39, 0.29) is 18.4 Å². The highest BCUT2D eigenvalue weighted by Crippen LogP contribution is 2.41. The van der Waals surface area contributed by atoms with Crippen LogP contribution in [0.25, 0.3) is 0 Å². The number of hydrogen-bond donors (Lipinski definition) is 1. The molecule has 6 nitrogen and oxygen atoms in total. The van der Waals surface area contributed by atoms with Crippen LogP contribution in [0.5, 0.6) is 0 Å². The van der Waals surface area contributed by atoms with Crippen LogP contribution in [0.15, 0.2) is 41.1 Å². The number of aromatic nitrogens is 1. The first-order valence-corrected chi connectivity index (χ1v) is 8.16. The van der Waals surface area contributed by atoms with Crippen LogP contribution in [-0.2, 0) is 4.79 Å². The molecule has 1 saturated carbocycles. The third-order valence-electron chi connectivity index (χ3n) is 4.94. The molecule has 1 saturated heterocycles. The summed E-state index contributed by atoms with van der Waals surface area (Å²) in [7, 11) is 0. The molecule has 2 atom stereocenters. The minimum absolute atomic E-state index is 0.178. The van der Waals surface area contributed by atoms with Crippen LogP contribution < -0.4 is 0 Å². The van der Waals surface area contributed by atoms with Crippen molar-refractivity contribution < 1.29 is 19.2 Å². The first-order chi connectivity index (χ1) is 11.6. The van der Waals surface area contributed by atoms with Gasteiger partial charge in [0.1, 0.15) is 11.8 Å². The lowest BCUT2D eigenvalue weighted by Crippen LogP contribution is -2.30. The number of rotatable bonds is 4. The number of nitrogens with zero attached hydrogens (tertiary/aromatic N) is 2. The Morgan fingerprint density at radius 3 is 2.58 bits per heavy atom. The van der Waals surface area contributed by atoms with Gasteiger partial charge >= 0.3 is 5.97 Å². The summed E-state index contributed by atoms with van der Waals surface area (Å²) in [6.45, 7) is 0.609. The smallest absolute Gasteiger partial charge is 0.308 e. The summed E-state index contributed by atoms with van der Waals surface area (Å²) in [5.41, 5.74) is 2.15. The number of carboxylic acids is 1. The summed E-state index contributed by atoms with van der Waals surface area (Å²) >= 11 is 0.